The molecule has 1 aromatic heterocycles. The molecule has 0 unspecified atom stereocenters. The molecule has 166 valence electrons. The number of nitrogens with zero attached hydrogens (tertiary/aromatic N) is 2. The van der Waals surface area contributed by atoms with Crippen LogP contribution < -0.4 is 10.2 Å². The Balaban J connectivity index is 1.79. The van der Waals surface area contributed by atoms with Gasteiger partial charge in [-0.25, -0.2) is 14.2 Å². The van der Waals surface area contributed by atoms with Crippen LogP contribution in [0.2, 0.25) is 5.02 Å². The second-order valence-corrected chi connectivity index (χ2v) is 7.72. The largest absolute Gasteiger partial charge is 0.465 e. The lowest BCUT2D eigenvalue weighted by atomic mass is 10.1. The summed E-state index contributed by atoms with van der Waals surface area (Å²) in [6.45, 7) is 2.05. The van der Waals surface area contributed by atoms with Gasteiger partial charge in [-0.2, -0.15) is 0 Å². The summed E-state index contributed by atoms with van der Waals surface area (Å²) >= 11 is 6.10. The van der Waals surface area contributed by atoms with Gasteiger partial charge in [-0.15, -0.1) is 0 Å². The number of hydrogen-bond acceptors (Lipinski definition) is 5. The number of esters is 1. The summed E-state index contributed by atoms with van der Waals surface area (Å²) in [6, 6.07) is 14.4. The zero-order valence-electron chi connectivity index (χ0n) is 17.9. The van der Waals surface area contributed by atoms with Crippen LogP contribution in [0.4, 0.5) is 10.2 Å². The van der Waals surface area contributed by atoms with Gasteiger partial charge in [0.15, 0.2) is 0 Å². The number of benzene rings is 2. The third-order valence-corrected chi connectivity index (χ3v) is 5.19. The molecule has 1 N–H and O–H groups in total. The molecule has 1 amide bonds. The Labute approximate surface area is 191 Å². The second-order valence-electron chi connectivity index (χ2n) is 7.28. The first kappa shape index (κ1) is 23.2. The van der Waals surface area contributed by atoms with Crippen molar-refractivity contribution in [3.63, 3.8) is 0 Å². The first-order valence-electron chi connectivity index (χ1n) is 9.89. The maximum atomic E-state index is 14.1. The van der Waals surface area contributed by atoms with Gasteiger partial charge in [-0.05, 0) is 36.8 Å². The van der Waals surface area contributed by atoms with Gasteiger partial charge in [0.2, 0.25) is 0 Å². The third kappa shape index (κ3) is 5.42. The SMILES string of the molecule is COC(=O)c1ccc([C@H](C)NC(=O)c2cc(Cl)cnc2N(C)Cc2ccccc2F)cc1. The maximum Gasteiger partial charge on any atom is 0.337 e. The molecule has 0 aliphatic carbocycles. The van der Waals surface area contributed by atoms with E-state index >= 15 is 0 Å². The molecule has 0 aliphatic heterocycles. The van der Waals surface area contributed by atoms with Crippen molar-refractivity contribution in [2.24, 2.45) is 0 Å². The molecule has 0 fully saturated rings. The Bertz CT molecular complexity index is 1120. The van der Waals surface area contributed by atoms with Gasteiger partial charge in [0, 0.05) is 25.4 Å². The number of carbonyl (C=O) groups is 2. The molecule has 0 bridgehead atoms. The number of amides is 1. The van der Waals surface area contributed by atoms with Crippen LogP contribution in [0.15, 0.2) is 60.8 Å². The van der Waals surface area contributed by atoms with E-state index in [1.807, 2.05) is 6.92 Å². The first-order valence-corrected chi connectivity index (χ1v) is 10.3. The predicted octanol–water partition coefficient (Wildman–Crippen LogP) is 4.79. The van der Waals surface area contributed by atoms with E-state index < -0.39 is 5.97 Å². The number of rotatable bonds is 7. The molecule has 6 nitrogen and oxygen atoms in total. The van der Waals surface area contributed by atoms with Gasteiger partial charge in [0.1, 0.15) is 11.6 Å². The quantitative estimate of drug-likeness (QED) is 0.519. The van der Waals surface area contributed by atoms with Crippen LogP contribution in [0.3, 0.4) is 0 Å². The van der Waals surface area contributed by atoms with Crippen molar-refractivity contribution in [3.05, 3.63) is 93.9 Å². The summed E-state index contributed by atoms with van der Waals surface area (Å²) in [6.07, 6.45) is 1.44. The van der Waals surface area contributed by atoms with Crippen molar-refractivity contribution < 1.29 is 18.7 Å². The number of ether oxygens (including phenoxy) is 1. The molecule has 2 aromatic carbocycles. The molecule has 0 radical (unpaired) electrons. The Morgan fingerprint density at radius 1 is 1.19 bits per heavy atom. The van der Waals surface area contributed by atoms with Crippen LogP contribution in [-0.4, -0.2) is 31.0 Å². The van der Waals surface area contributed by atoms with E-state index in [9.17, 15) is 14.0 Å². The lowest BCUT2D eigenvalue weighted by Crippen LogP contribution is -2.29. The van der Waals surface area contributed by atoms with Crippen molar-refractivity contribution in [2.45, 2.75) is 19.5 Å². The highest BCUT2D eigenvalue weighted by atomic mass is 35.5. The van der Waals surface area contributed by atoms with Gasteiger partial charge >= 0.3 is 5.97 Å². The molecule has 3 rings (SSSR count). The van der Waals surface area contributed by atoms with Crippen LogP contribution in [0.25, 0.3) is 0 Å². The Morgan fingerprint density at radius 3 is 2.53 bits per heavy atom. The molecule has 32 heavy (non-hydrogen) atoms. The topological polar surface area (TPSA) is 71.5 Å². The average Bonchev–Trinajstić information content (AvgIpc) is 2.79. The molecule has 0 spiro atoms. The summed E-state index contributed by atoms with van der Waals surface area (Å²) in [5, 5.41) is 3.23. The van der Waals surface area contributed by atoms with Crippen LogP contribution >= 0.6 is 11.6 Å². The molecular weight excluding hydrogens is 433 g/mol. The molecule has 0 aliphatic rings. The van der Waals surface area contributed by atoms with E-state index in [0.29, 0.717) is 22.0 Å². The van der Waals surface area contributed by atoms with Crippen molar-refractivity contribution in [1.82, 2.24) is 10.3 Å². The minimum Gasteiger partial charge on any atom is -0.465 e. The second kappa shape index (κ2) is 10.2. The molecule has 8 heteroatoms. The van der Waals surface area contributed by atoms with Crippen LogP contribution in [-0.2, 0) is 11.3 Å². The van der Waals surface area contributed by atoms with E-state index in [2.05, 4.69) is 10.3 Å². The van der Waals surface area contributed by atoms with Gasteiger partial charge in [-0.1, -0.05) is 41.9 Å². The summed E-state index contributed by atoms with van der Waals surface area (Å²) in [4.78, 5) is 30.7. The zero-order valence-corrected chi connectivity index (χ0v) is 18.7. The van der Waals surface area contributed by atoms with Crippen molar-refractivity contribution in [3.8, 4) is 0 Å². The highest BCUT2D eigenvalue weighted by Crippen LogP contribution is 2.24. The third-order valence-electron chi connectivity index (χ3n) is 4.98. The zero-order chi connectivity index (χ0) is 23.3. The molecular formula is C24H23ClFN3O3. The van der Waals surface area contributed by atoms with Crippen molar-refractivity contribution >= 4 is 29.3 Å². The summed E-state index contributed by atoms with van der Waals surface area (Å²) in [5.74, 6) is -0.757. The highest BCUT2D eigenvalue weighted by molar-refractivity contribution is 6.31. The van der Waals surface area contributed by atoms with E-state index in [1.165, 1.54) is 25.4 Å². The minimum atomic E-state index is -0.430. The fourth-order valence-corrected chi connectivity index (χ4v) is 3.40. The number of hydrogen-bond donors (Lipinski definition) is 1. The van der Waals surface area contributed by atoms with Gasteiger partial charge in [0.25, 0.3) is 5.91 Å². The Hall–Kier alpha value is -3.45. The lowest BCUT2D eigenvalue weighted by molar-refractivity contribution is 0.0600. The normalized spacial score (nSPS) is 11.5. The van der Waals surface area contributed by atoms with Crippen LogP contribution in [0.5, 0.6) is 0 Å². The fraction of sp³-hybridized carbons (Fsp3) is 0.208. The number of halogens is 2. The molecule has 1 heterocycles. The molecule has 0 saturated heterocycles. The monoisotopic (exact) mass is 455 g/mol. The highest BCUT2D eigenvalue weighted by Gasteiger charge is 2.20. The average molecular weight is 456 g/mol. The molecule has 0 saturated carbocycles. The minimum absolute atomic E-state index is 0.228. The van der Waals surface area contributed by atoms with E-state index in [-0.39, 0.29) is 29.9 Å². The summed E-state index contributed by atoms with van der Waals surface area (Å²) in [5.41, 5.74) is 1.99. The lowest BCUT2D eigenvalue weighted by Gasteiger charge is -2.22. The van der Waals surface area contributed by atoms with E-state index in [0.717, 1.165) is 5.56 Å². The molecule has 3 aromatic rings. The van der Waals surface area contributed by atoms with Crippen LogP contribution in [0, 0.1) is 5.82 Å². The van der Waals surface area contributed by atoms with Crippen molar-refractivity contribution in [1.29, 1.82) is 0 Å². The summed E-state index contributed by atoms with van der Waals surface area (Å²) in [7, 11) is 3.05. The number of nitrogens with one attached hydrogen (secondary N) is 1. The number of aromatic nitrogens is 1. The van der Waals surface area contributed by atoms with Crippen LogP contribution in [0.1, 0.15) is 44.8 Å². The summed E-state index contributed by atoms with van der Waals surface area (Å²) < 4.78 is 18.8. The standard InChI is InChI=1S/C24H23ClFN3O3/c1-15(16-8-10-17(11-9-16)24(31)32-3)28-23(30)20-12-19(25)13-27-22(20)29(2)14-18-6-4-5-7-21(18)26/h4-13,15H,14H2,1-3H3,(H,28,30)/t15-/m0/s1. The van der Waals surface area contributed by atoms with E-state index in [4.69, 9.17) is 16.3 Å². The van der Waals surface area contributed by atoms with Gasteiger partial charge < -0.3 is 15.0 Å². The molecule has 1 atom stereocenters. The van der Waals surface area contributed by atoms with E-state index in [1.54, 1.807) is 54.4 Å². The number of methoxy groups -OCH3 is 1. The predicted molar refractivity (Wildman–Crippen MR) is 121 cm³/mol. The maximum absolute atomic E-state index is 14.1. The number of pyridine rings is 1. The Morgan fingerprint density at radius 2 is 1.88 bits per heavy atom. The number of anilines is 1. The van der Waals surface area contributed by atoms with Gasteiger partial charge in [0.05, 0.1) is 29.3 Å². The number of carbonyl (C=O) groups excluding carboxylic acids is 2. The first-order chi connectivity index (χ1) is 15.3. The van der Waals surface area contributed by atoms with Gasteiger partial charge in [-0.3, -0.25) is 4.79 Å². The smallest absolute Gasteiger partial charge is 0.337 e. The Kier molecular flexibility index (Phi) is 7.43. The fourth-order valence-electron chi connectivity index (χ4n) is 3.24. The van der Waals surface area contributed by atoms with Crippen molar-refractivity contribution in [2.75, 3.05) is 19.1 Å².